The van der Waals surface area contributed by atoms with E-state index in [0.29, 0.717) is 11.5 Å². The van der Waals surface area contributed by atoms with E-state index in [-0.39, 0.29) is 5.95 Å². The topological polar surface area (TPSA) is 53.1 Å². The minimum absolute atomic E-state index is 0.286. The maximum Gasteiger partial charge on any atom is 0.229 e. The van der Waals surface area contributed by atoms with Gasteiger partial charge in [-0.2, -0.15) is 4.98 Å². The molecule has 2 aromatic carbocycles. The van der Waals surface area contributed by atoms with Crippen LogP contribution in [0.3, 0.4) is 0 Å². The van der Waals surface area contributed by atoms with Crippen LogP contribution in [-0.2, 0) is 0 Å². The fraction of sp³-hybridized carbons (Fsp3) is 0.238. The van der Waals surface area contributed by atoms with Crippen molar-refractivity contribution in [1.82, 2.24) is 9.97 Å². The van der Waals surface area contributed by atoms with Gasteiger partial charge in [0.1, 0.15) is 5.82 Å². The number of anilines is 5. The van der Waals surface area contributed by atoms with Crippen LogP contribution in [0, 0.1) is 18.6 Å². The highest BCUT2D eigenvalue weighted by molar-refractivity contribution is 5.66. The van der Waals surface area contributed by atoms with Crippen LogP contribution in [0.25, 0.3) is 0 Å². The first-order valence-corrected chi connectivity index (χ1v) is 9.18. The number of benzene rings is 2. The van der Waals surface area contributed by atoms with Gasteiger partial charge in [0.25, 0.3) is 0 Å². The number of hydrogen-bond acceptors (Lipinski definition) is 5. The molecule has 0 aliphatic carbocycles. The van der Waals surface area contributed by atoms with Crippen molar-refractivity contribution in [3.8, 4) is 0 Å². The molecule has 1 aromatic heterocycles. The Bertz CT molecular complexity index is 957. The summed E-state index contributed by atoms with van der Waals surface area (Å²) >= 11 is 0. The number of nitrogens with zero attached hydrogens (tertiary/aromatic N) is 3. The quantitative estimate of drug-likeness (QED) is 0.572. The summed E-state index contributed by atoms with van der Waals surface area (Å²) in [5.41, 5.74) is 3.58. The lowest BCUT2D eigenvalue weighted by atomic mass is 10.1. The van der Waals surface area contributed by atoms with E-state index in [0.717, 1.165) is 36.5 Å². The molecule has 0 aliphatic heterocycles. The van der Waals surface area contributed by atoms with Gasteiger partial charge in [0.2, 0.25) is 5.95 Å². The first-order valence-electron chi connectivity index (χ1n) is 9.18. The second-order valence-corrected chi connectivity index (χ2v) is 6.32. The van der Waals surface area contributed by atoms with Gasteiger partial charge < -0.3 is 15.5 Å². The largest absolute Gasteiger partial charge is 0.372 e. The lowest BCUT2D eigenvalue weighted by molar-refractivity contribution is 0.509. The SMILES string of the molecule is CCN(CC)c1ccc(Nc2ccnc(Nc3ccc(F)c(F)c3)n2)c(C)c1. The lowest BCUT2D eigenvalue weighted by Crippen LogP contribution is -2.21. The van der Waals surface area contributed by atoms with Gasteiger partial charge in [0, 0.05) is 42.4 Å². The molecule has 0 aliphatic rings. The summed E-state index contributed by atoms with van der Waals surface area (Å²) < 4.78 is 26.4. The van der Waals surface area contributed by atoms with Crippen LogP contribution in [0.4, 0.5) is 37.6 Å². The summed E-state index contributed by atoms with van der Waals surface area (Å²) in [5.74, 6) is -0.944. The Labute approximate surface area is 163 Å². The van der Waals surface area contributed by atoms with E-state index in [1.165, 1.54) is 11.8 Å². The van der Waals surface area contributed by atoms with Gasteiger partial charge in [-0.25, -0.2) is 13.8 Å². The van der Waals surface area contributed by atoms with Gasteiger partial charge in [-0.15, -0.1) is 0 Å². The molecular formula is C21H23F2N5. The molecule has 2 N–H and O–H groups in total. The Hall–Kier alpha value is -3.22. The van der Waals surface area contributed by atoms with Gasteiger partial charge in [-0.3, -0.25) is 0 Å². The maximum atomic E-state index is 13.4. The van der Waals surface area contributed by atoms with E-state index in [1.54, 1.807) is 12.3 Å². The lowest BCUT2D eigenvalue weighted by Gasteiger charge is -2.22. The summed E-state index contributed by atoms with van der Waals surface area (Å²) in [5, 5.41) is 6.15. The summed E-state index contributed by atoms with van der Waals surface area (Å²) in [6, 6.07) is 11.5. The van der Waals surface area contributed by atoms with Crippen LogP contribution in [-0.4, -0.2) is 23.1 Å². The molecule has 0 unspecified atom stereocenters. The summed E-state index contributed by atoms with van der Waals surface area (Å²) in [7, 11) is 0. The Balaban J connectivity index is 1.76. The molecule has 146 valence electrons. The first-order chi connectivity index (χ1) is 13.5. The molecule has 0 bridgehead atoms. The minimum Gasteiger partial charge on any atom is -0.372 e. The molecule has 0 atom stereocenters. The van der Waals surface area contributed by atoms with E-state index in [9.17, 15) is 8.78 Å². The molecule has 5 nitrogen and oxygen atoms in total. The van der Waals surface area contributed by atoms with Crippen LogP contribution >= 0.6 is 0 Å². The minimum atomic E-state index is -0.928. The highest BCUT2D eigenvalue weighted by atomic mass is 19.2. The highest BCUT2D eigenvalue weighted by Crippen LogP contribution is 2.25. The van der Waals surface area contributed by atoms with E-state index in [1.807, 2.05) is 13.0 Å². The van der Waals surface area contributed by atoms with Crippen LogP contribution in [0.2, 0.25) is 0 Å². The smallest absolute Gasteiger partial charge is 0.229 e. The molecule has 3 rings (SSSR count). The zero-order chi connectivity index (χ0) is 20.1. The standard InChI is InChI=1S/C21H23F2N5/c1-4-28(5-2)16-7-9-19(14(3)12-16)26-20-10-11-24-21(27-20)25-15-6-8-17(22)18(23)13-15/h6-13H,4-5H2,1-3H3,(H2,24,25,26,27). The summed E-state index contributed by atoms with van der Waals surface area (Å²) in [4.78, 5) is 10.8. The van der Waals surface area contributed by atoms with Crippen molar-refractivity contribution in [2.24, 2.45) is 0 Å². The average molecular weight is 383 g/mol. The zero-order valence-electron chi connectivity index (χ0n) is 16.1. The Morgan fingerprint density at radius 1 is 0.929 bits per heavy atom. The number of nitrogens with one attached hydrogen (secondary N) is 2. The predicted octanol–water partition coefficient (Wildman–Crippen LogP) is 5.40. The van der Waals surface area contributed by atoms with E-state index < -0.39 is 11.6 Å². The molecule has 0 spiro atoms. The molecule has 0 saturated carbocycles. The number of aromatic nitrogens is 2. The van der Waals surface area contributed by atoms with Crippen molar-refractivity contribution in [1.29, 1.82) is 0 Å². The predicted molar refractivity (Wildman–Crippen MR) is 110 cm³/mol. The monoisotopic (exact) mass is 383 g/mol. The van der Waals surface area contributed by atoms with E-state index >= 15 is 0 Å². The van der Waals surface area contributed by atoms with Gasteiger partial charge in [0.05, 0.1) is 0 Å². The average Bonchev–Trinajstić information content (AvgIpc) is 2.68. The van der Waals surface area contributed by atoms with Gasteiger partial charge in [-0.1, -0.05) is 0 Å². The maximum absolute atomic E-state index is 13.4. The van der Waals surface area contributed by atoms with Crippen LogP contribution in [0.15, 0.2) is 48.7 Å². The molecule has 0 radical (unpaired) electrons. The van der Waals surface area contributed by atoms with E-state index in [4.69, 9.17) is 0 Å². The number of halogens is 2. The molecule has 0 fully saturated rings. The van der Waals surface area contributed by atoms with E-state index in [2.05, 4.69) is 51.5 Å². The number of aryl methyl sites for hydroxylation is 1. The molecule has 0 amide bonds. The second-order valence-electron chi connectivity index (χ2n) is 6.32. The van der Waals surface area contributed by atoms with Crippen molar-refractivity contribution in [2.45, 2.75) is 20.8 Å². The third-order valence-electron chi connectivity index (χ3n) is 4.43. The van der Waals surface area contributed by atoms with Crippen molar-refractivity contribution >= 4 is 28.8 Å². The van der Waals surface area contributed by atoms with Gasteiger partial charge >= 0.3 is 0 Å². The normalized spacial score (nSPS) is 10.6. The molecule has 3 aromatic rings. The molecular weight excluding hydrogens is 360 g/mol. The first kappa shape index (κ1) is 19.5. The van der Waals surface area contributed by atoms with Gasteiger partial charge in [0.15, 0.2) is 11.6 Å². The number of hydrogen-bond donors (Lipinski definition) is 2. The summed E-state index contributed by atoms with van der Waals surface area (Å²) in [6.07, 6.45) is 1.59. The summed E-state index contributed by atoms with van der Waals surface area (Å²) in [6.45, 7) is 8.21. The molecule has 0 saturated heterocycles. The number of rotatable bonds is 7. The fourth-order valence-electron chi connectivity index (χ4n) is 2.90. The third-order valence-corrected chi connectivity index (χ3v) is 4.43. The van der Waals surface area contributed by atoms with Gasteiger partial charge in [-0.05, 0) is 62.7 Å². The Morgan fingerprint density at radius 2 is 1.71 bits per heavy atom. The highest BCUT2D eigenvalue weighted by Gasteiger charge is 2.08. The third kappa shape index (κ3) is 4.54. The second kappa shape index (κ2) is 8.65. The molecule has 7 heteroatoms. The van der Waals surface area contributed by atoms with Crippen LogP contribution < -0.4 is 15.5 Å². The molecule has 28 heavy (non-hydrogen) atoms. The fourth-order valence-corrected chi connectivity index (χ4v) is 2.90. The van der Waals surface area contributed by atoms with Crippen molar-refractivity contribution in [3.05, 3.63) is 65.9 Å². The van der Waals surface area contributed by atoms with Crippen LogP contribution in [0.1, 0.15) is 19.4 Å². The Morgan fingerprint density at radius 3 is 2.39 bits per heavy atom. The molecule has 1 heterocycles. The van der Waals surface area contributed by atoms with Crippen LogP contribution in [0.5, 0.6) is 0 Å². The Kier molecular flexibility index (Phi) is 6.03. The zero-order valence-corrected chi connectivity index (χ0v) is 16.1. The van der Waals surface area contributed by atoms with Crippen molar-refractivity contribution in [3.63, 3.8) is 0 Å². The van der Waals surface area contributed by atoms with Crippen molar-refractivity contribution in [2.75, 3.05) is 28.6 Å². The van der Waals surface area contributed by atoms with Crippen molar-refractivity contribution < 1.29 is 8.78 Å².